The maximum atomic E-state index is 13.2. The Kier molecular flexibility index (Phi) is 6.76. The number of rotatable bonds is 6. The molecule has 0 spiro atoms. The number of methoxy groups -OCH3 is 1. The zero-order valence-corrected chi connectivity index (χ0v) is 19.8. The first-order valence-electron chi connectivity index (χ1n) is 11.2. The molecule has 2 aliphatic heterocycles. The van der Waals surface area contributed by atoms with Crippen LogP contribution in [0, 0.1) is 5.92 Å². The van der Waals surface area contributed by atoms with Crippen LogP contribution in [0.5, 0.6) is 5.75 Å². The van der Waals surface area contributed by atoms with Gasteiger partial charge in [0, 0.05) is 57.1 Å². The van der Waals surface area contributed by atoms with E-state index in [1.807, 2.05) is 0 Å². The van der Waals surface area contributed by atoms with Crippen molar-refractivity contribution in [3.8, 4) is 5.75 Å². The van der Waals surface area contributed by atoms with Gasteiger partial charge in [-0.2, -0.15) is 4.31 Å². The number of carbonyl (C=O) groups is 2. The lowest BCUT2D eigenvalue weighted by molar-refractivity contribution is -0.120. The second-order valence-corrected chi connectivity index (χ2v) is 10.5. The SMILES string of the molecule is COc1cccc(NC(=O)C2CCN(S(=O)(=O)c3cc(C(=O)N4CCCC4)n(C)c3)CC2)c1. The van der Waals surface area contributed by atoms with Crippen LogP contribution >= 0.6 is 0 Å². The summed E-state index contributed by atoms with van der Waals surface area (Å²) in [7, 11) is -0.488. The minimum atomic E-state index is -3.74. The maximum Gasteiger partial charge on any atom is 0.270 e. The summed E-state index contributed by atoms with van der Waals surface area (Å²) < 4.78 is 34.6. The van der Waals surface area contributed by atoms with Gasteiger partial charge in [0.25, 0.3) is 5.91 Å². The Hall–Kier alpha value is -2.85. The number of hydrogen-bond acceptors (Lipinski definition) is 5. The molecule has 4 rings (SSSR count). The van der Waals surface area contributed by atoms with Crippen molar-refractivity contribution in [2.75, 3.05) is 38.6 Å². The average Bonchev–Trinajstić information content (AvgIpc) is 3.49. The van der Waals surface area contributed by atoms with E-state index in [-0.39, 0.29) is 35.7 Å². The Balaban J connectivity index is 1.39. The number of sulfonamides is 1. The molecule has 0 saturated carbocycles. The van der Waals surface area contributed by atoms with Crippen LogP contribution in [0.15, 0.2) is 41.4 Å². The molecule has 2 saturated heterocycles. The molecule has 0 aliphatic carbocycles. The Morgan fingerprint density at radius 2 is 1.76 bits per heavy atom. The van der Waals surface area contributed by atoms with Gasteiger partial charge in [-0.1, -0.05) is 6.07 Å². The number of hydrogen-bond donors (Lipinski definition) is 1. The highest BCUT2D eigenvalue weighted by atomic mass is 32.2. The summed E-state index contributed by atoms with van der Waals surface area (Å²) in [4.78, 5) is 27.3. The van der Waals surface area contributed by atoms with Crippen molar-refractivity contribution in [1.29, 1.82) is 0 Å². The van der Waals surface area contributed by atoms with Crippen LogP contribution in [-0.2, 0) is 21.9 Å². The first-order chi connectivity index (χ1) is 15.8. The molecular weight excluding hydrogens is 444 g/mol. The predicted octanol–water partition coefficient (Wildman–Crippen LogP) is 2.31. The fraction of sp³-hybridized carbons (Fsp3) is 0.478. The second-order valence-electron chi connectivity index (χ2n) is 8.57. The molecule has 2 aromatic rings. The number of amides is 2. The summed E-state index contributed by atoms with van der Waals surface area (Å²) in [6, 6.07) is 8.60. The minimum absolute atomic E-state index is 0.117. The zero-order chi connectivity index (χ0) is 23.6. The number of benzene rings is 1. The quantitative estimate of drug-likeness (QED) is 0.692. The van der Waals surface area contributed by atoms with Gasteiger partial charge in [0.1, 0.15) is 16.3 Å². The lowest BCUT2D eigenvalue weighted by Crippen LogP contribution is -2.41. The molecule has 2 amide bonds. The third kappa shape index (κ3) is 4.91. The Morgan fingerprint density at radius 3 is 2.42 bits per heavy atom. The third-order valence-corrected chi connectivity index (χ3v) is 8.26. The first kappa shape index (κ1) is 23.3. The lowest BCUT2D eigenvalue weighted by Gasteiger charge is -2.30. The van der Waals surface area contributed by atoms with Crippen molar-refractivity contribution in [2.45, 2.75) is 30.6 Å². The molecule has 0 unspecified atom stereocenters. The molecule has 3 heterocycles. The fourth-order valence-electron chi connectivity index (χ4n) is 4.42. The van der Waals surface area contributed by atoms with E-state index in [0.29, 0.717) is 43.1 Å². The van der Waals surface area contributed by atoms with Gasteiger partial charge in [-0.15, -0.1) is 0 Å². The highest BCUT2D eigenvalue weighted by Gasteiger charge is 2.34. The van der Waals surface area contributed by atoms with Gasteiger partial charge in [-0.25, -0.2) is 8.42 Å². The van der Waals surface area contributed by atoms with Crippen molar-refractivity contribution in [3.05, 3.63) is 42.2 Å². The smallest absolute Gasteiger partial charge is 0.270 e. The lowest BCUT2D eigenvalue weighted by atomic mass is 9.97. The number of carbonyl (C=O) groups excluding carboxylic acids is 2. The van der Waals surface area contributed by atoms with Gasteiger partial charge in [-0.05, 0) is 43.9 Å². The van der Waals surface area contributed by atoms with Gasteiger partial charge < -0.3 is 19.5 Å². The predicted molar refractivity (Wildman–Crippen MR) is 124 cm³/mol. The molecule has 0 atom stereocenters. The number of piperidine rings is 1. The van der Waals surface area contributed by atoms with Crippen molar-refractivity contribution in [3.63, 3.8) is 0 Å². The number of aryl methyl sites for hydroxylation is 1. The standard InChI is InChI=1S/C23H30N4O5S/c1-25-16-20(15-21(25)23(29)26-10-3-4-11-26)33(30,31)27-12-8-17(9-13-27)22(28)24-18-6-5-7-19(14-18)32-2/h5-7,14-17H,3-4,8-13H2,1-2H3,(H,24,28). The van der Waals surface area contributed by atoms with Gasteiger partial charge in [0.2, 0.25) is 15.9 Å². The van der Waals surface area contributed by atoms with Crippen molar-refractivity contribution in [2.24, 2.45) is 13.0 Å². The fourth-order valence-corrected chi connectivity index (χ4v) is 5.96. The Bertz CT molecular complexity index is 1130. The van der Waals surface area contributed by atoms with E-state index in [1.165, 1.54) is 16.6 Å². The number of anilines is 1. The summed E-state index contributed by atoms with van der Waals surface area (Å²) >= 11 is 0. The van der Waals surface area contributed by atoms with Crippen molar-refractivity contribution in [1.82, 2.24) is 13.8 Å². The van der Waals surface area contributed by atoms with Crippen LogP contribution in [0.3, 0.4) is 0 Å². The molecule has 2 fully saturated rings. The molecule has 1 aromatic heterocycles. The van der Waals surface area contributed by atoms with Crippen LogP contribution in [0.2, 0.25) is 0 Å². The largest absolute Gasteiger partial charge is 0.497 e. The molecule has 33 heavy (non-hydrogen) atoms. The molecule has 2 aliphatic rings. The van der Waals surface area contributed by atoms with Crippen molar-refractivity contribution < 1.29 is 22.7 Å². The van der Waals surface area contributed by atoms with Gasteiger partial charge >= 0.3 is 0 Å². The average molecular weight is 475 g/mol. The second kappa shape index (κ2) is 9.56. The zero-order valence-electron chi connectivity index (χ0n) is 19.0. The molecule has 10 heteroatoms. The topological polar surface area (TPSA) is 101 Å². The van der Waals surface area contributed by atoms with Crippen LogP contribution < -0.4 is 10.1 Å². The molecule has 0 radical (unpaired) electrons. The summed E-state index contributed by atoms with van der Waals surface area (Å²) in [6.07, 6.45) is 4.31. The van der Waals surface area contributed by atoms with E-state index in [0.717, 1.165) is 12.8 Å². The molecule has 0 bridgehead atoms. The summed E-state index contributed by atoms with van der Waals surface area (Å²) in [5.41, 5.74) is 1.02. The third-order valence-electron chi connectivity index (χ3n) is 6.39. The summed E-state index contributed by atoms with van der Waals surface area (Å²) in [6.45, 7) is 1.92. The summed E-state index contributed by atoms with van der Waals surface area (Å²) in [5, 5.41) is 2.89. The van der Waals surface area contributed by atoms with Crippen LogP contribution in [-0.4, -0.2) is 67.3 Å². The van der Waals surface area contributed by atoms with Gasteiger partial charge in [0.05, 0.1) is 7.11 Å². The number of nitrogens with zero attached hydrogens (tertiary/aromatic N) is 3. The Morgan fingerprint density at radius 1 is 1.06 bits per heavy atom. The number of ether oxygens (including phenoxy) is 1. The van der Waals surface area contributed by atoms with Crippen LogP contribution in [0.25, 0.3) is 0 Å². The highest BCUT2D eigenvalue weighted by Crippen LogP contribution is 2.27. The molecule has 9 nitrogen and oxygen atoms in total. The number of likely N-dealkylation sites (tertiary alicyclic amines) is 1. The number of aromatic nitrogens is 1. The van der Waals surface area contributed by atoms with Crippen LogP contribution in [0.1, 0.15) is 36.2 Å². The minimum Gasteiger partial charge on any atom is -0.497 e. The summed E-state index contributed by atoms with van der Waals surface area (Å²) in [5.74, 6) is 0.118. The monoisotopic (exact) mass is 474 g/mol. The van der Waals surface area contributed by atoms with E-state index in [4.69, 9.17) is 4.74 Å². The highest BCUT2D eigenvalue weighted by molar-refractivity contribution is 7.89. The van der Waals surface area contributed by atoms with Gasteiger partial charge in [-0.3, -0.25) is 9.59 Å². The molecule has 1 N–H and O–H groups in total. The van der Waals surface area contributed by atoms with E-state index >= 15 is 0 Å². The van der Waals surface area contributed by atoms with Crippen LogP contribution in [0.4, 0.5) is 5.69 Å². The van der Waals surface area contributed by atoms with Gasteiger partial charge in [0.15, 0.2) is 0 Å². The maximum absolute atomic E-state index is 13.2. The molecular formula is C23H30N4O5S. The first-order valence-corrected chi connectivity index (χ1v) is 12.6. The molecule has 1 aromatic carbocycles. The van der Waals surface area contributed by atoms with E-state index in [1.54, 1.807) is 47.9 Å². The molecule has 178 valence electrons. The van der Waals surface area contributed by atoms with Crippen molar-refractivity contribution >= 4 is 27.5 Å². The van der Waals surface area contributed by atoms with E-state index in [2.05, 4.69) is 5.32 Å². The van der Waals surface area contributed by atoms with E-state index in [9.17, 15) is 18.0 Å². The van der Waals surface area contributed by atoms with E-state index < -0.39 is 10.0 Å². The normalized spacial score (nSPS) is 17.8. The number of nitrogens with one attached hydrogen (secondary N) is 1. The Labute approximate surface area is 194 Å².